The second-order valence-corrected chi connectivity index (χ2v) is 8.96. The molecule has 6 heteroatoms. The molecule has 1 atom stereocenters. The molecular weight excluding hydrogens is 465 g/mol. The van der Waals surface area contributed by atoms with Crippen molar-refractivity contribution in [2.75, 3.05) is 0 Å². The normalized spacial score (nSPS) is 12.4. The summed E-state index contributed by atoms with van der Waals surface area (Å²) in [6.45, 7) is 4.42. The van der Waals surface area contributed by atoms with E-state index in [0.717, 1.165) is 33.3 Å². The number of halogens is 2. The number of carbonyl (C=O) groups is 1. The van der Waals surface area contributed by atoms with Crippen LogP contribution in [0.3, 0.4) is 0 Å². The number of nitrogens with one attached hydrogen (secondary N) is 1. The number of aromatic nitrogens is 1. The lowest BCUT2D eigenvalue weighted by atomic mass is 10.1. The predicted molar refractivity (Wildman–Crippen MR) is 139 cm³/mol. The molecule has 1 heterocycles. The van der Waals surface area contributed by atoms with Gasteiger partial charge in [0.1, 0.15) is 11.6 Å². The molecule has 4 nitrogen and oxygen atoms in total. The lowest BCUT2D eigenvalue weighted by molar-refractivity contribution is -0.117. The molecule has 34 heavy (non-hydrogen) atoms. The minimum absolute atomic E-state index is 0.0540. The summed E-state index contributed by atoms with van der Waals surface area (Å²) in [5.74, 6) is -0.407. The zero-order valence-electron chi connectivity index (χ0n) is 18.8. The van der Waals surface area contributed by atoms with Gasteiger partial charge in [0.2, 0.25) is 0 Å². The van der Waals surface area contributed by atoms with E-state index in [4.69, 9.17) is 23.2 Å². The summed E-state index contributed by atoms with van der Waals surface area (Å²) in [5, 5.41) is 14.9. The molecule has 0 radical (unpaired) electrons. The van der Waals surface area contributed by atoms with Gasteiger partial charge in [-0.05, 0) is 49.2 Å². The van der Waals surface area contributed by atoms with E-state index < -0.39 is 5.91 Å². The highest BCUT2D eigenvalue weighted by atomic mass is 35.5. The van der Waals surface area contributed by atoms with Crippen LogP contribution in [0.25, 0.3) is 17.0 Å². The molecule has 0 bridgehead atoms. The zero-order chi connectivity index (χ0) is 24.2. The van der Waals surface area contributed by atoms with Crippen molar-refractivity contribution in [1.82, 2.24) is 9.88 Å². The van der Waals surface area contributed by atoms with Crippen LogP contribution in [-0.4, -0.2) is 10.5 Å². The predicted octanol–water partition coefficient (Wildman–Crippen LogP) is 7.09. The van der Waals surface area contributed by atoms with Gasteiger partial charge in [0.15, 0.2) is 0 Å². The van der Waals surface area contributed by atoms with E-state index in [1.165, 1.54) is 0 Å². The fourth-order valence-electron chi connectivity index (χ4n) is 4.06. The minimum atomic E-state index is -0.407. The van der Waals surface area contributed by atoms with Crippen molar-refractivity contribution in [2.24, 2.45) is 0 Å². The number of fused-ring (bicyclic) bond motifs is 1. The number of benzene rings is 3. The third-order valence-corrected chi connectivity index (χ3v) is 6.51. The third kappa shape index (κ3) is 4.87. The number of carbonyl (C=O) groups excluding carboxylic acids is 1. The van der Waals surface area contributed by atoms with Crippen molar-refractivity contribution in [3.8, 4) is 6.07 Å². The molecule has 0 saturated heterocycles. The molecule has 4 rings (SSSR count). The van der Waals surface area contributed by atoms with Crippen molar-refractivity contribution < 1.29 is 4.79 Å². The van der Waals surface area contributed by atoms with Crippen molar-refractivity contribution in [1.29, 1.82) is 5.26 Å². The third-order valence-electron chi connectivity index (χ3n) is 5.92. The molecule has 1 amide bonds. The van der Waals surface area contributed by atoms with Gasteiger partial charge in [0.25, 0.3) is 5.91 Å². The highest BCUT2D eigenvalue weighted by Crippen LogP contribution is 2.30. The van der Waals surface area contributed by atoms with Gasteiger partial charge in [0, 0.05) is 38.8 Å². The molecule has 0 spiro atoms. The molecule has 0 aliphatic heterocycles. The van der Waals surface area contributed by atoms with Crippen LogP contribution in [0.1, 0.15) is 35.3 Å². The standard InChI is InChI=1S/C28H23Cl2N3O/c1-18(20-8-4-3-5-9-20)32-28(34)22(16-31)14-25-19(2)33(27-11-7-6-10-24(25)27)17-21-12-13-23(29)15-26(21)30/h3-15,18H,17H2,1-2H3,(H,32,34)/b22-14+/t18-/m1/s1. The number of nitrogens with zero attached hydrogens (tertiary/aromatic N) is 2. The van der Waals surface area contributed by atoms with E-state index in [1.54, 1.807) is 12.1 Å². The average molecular weight is 488 g/mol. The van der Waals surface area contributed by atoms with Crippen LogP contribution in [0.2, 0.25) is 10.0 Å². The maximum absolute atomic E-state index is 12.9. The highest BCUT2D eigenvalue weighted by molar-refractivity contribution is 6.35. The Labute approximate surface area is 209 Å². The lowest BCUT2D eigenvalue weighted by Crippen LogP contribution is -2.27. The number of para-hydroxylation sites is 1. The van der Waals surface area contributed by atoms with Gasteiger partial charge >= 0.3 is 0 Å². The SMILES string of the molecule is Cc1c(/C=C(\C#N)C(=O)N[C@H](C)c2ccccc2)c2ccccc2n1Cc1ccc(Cl)cc1Cl. The molecule has 4 aromatic rings. The van der Waals surface area contributed by atoms with E-state index in [1.807, 2.05) is 80.6 Å². The number of amides is 1. The van der Waals surface area contributed by atoms with Crippen LogP contribution in [-0.2, 0) is 11.3 Å². The number of hydrogen-bond acceptors (Lipinski definition) is 2. The topological polar surface area (TPSA) is 57.8 Å². The quantitative estimate of drug-likeness (QED) is 0.233. The minimum Gasteiger partial charge on any atom is -0.345 e. The smallest absolute Gasteiger partial charge is 0.262 e. The van der Waals surface area contributed by atoms with Gasteiger partial charge in [-0.3, -0.25) is 4.79 Å². The molecule has 3 aromatic carbocycles. The first-order valence-electron chi connectivity index (χ1n) is 10.9. The van der Waals surface area contributed by atoms with Crippen LogP contribution < -0.4 is 5.32 Å². The van der Waals surface area contributed by atoms with Gasteiger partial charge in [-0.25, -0.2) is 0 Å². The second-order valence-electron chi connectivity index (χ2n) is 8.11. The van der Waals surface area contributed by atoms with Crippen molar-refractivity contribution in [2.45, 2.75) is 26.4 Å². The Bertz CT molecular complexity index is 1430. The molecule has 0 saturated carbocycles. The van der Waals surface area contributed by atoms with Gasteiger partial charge in [-0.15, -0.1) is 0 Å². The average Bonchev–Trinajstić information content (AvgIpc) is 3.10. The Morgan fingerprint density at radius 3 is 2.50 bits per heavy atom. The first-order valence-corrected chi connectivity index (χ1v) is 11.6. The van der Waals surface area contributed by atoms with Gasteiger partial charge < -0.3 is 9.88 Å². The van der Waals surface area contributed by atoms with Crippen molar-refractivity contribution in [3.63, 3.8) is 0 Å². The second kappa shape index (κ2) is 10.2. The maximum Gasteiger partial charge on any atom is 0.262 e. The van der Waals surface area contributed by atoms with Gasteiger partial charge in [0.05, 0.1) is 6.04 Å². The monoisotopic (exact) mass is 487 g/mol. The van der Waals surface area contributed by atoms with E-state index in [9.17, 15) is 10.1 Å². The molecule has 170 valence electrons. The zero-order valence-corrected chi connectivity index (χ0v) is 20.4. The molecule has 0 fully saturated rings. The Morgan fingerprint density at radius 2 is 1.79 bits per heavy atom. The van der Waals surface area contributed by atoms with Crippen LogP contribution in [0.5, 0.6) is 0 Å². The summed E-state index contributed by atoms with van der Waals surface area (Å²) in [5.41, 5.74) is 4.72. The summed E-state index contributed by atoms with van der Waals surface area (Å²) < 4.78 is 2.13. The summed E-state index contributed by atoms with van der Waals surface area (Å²) >= 11 is 12.5. The van der Waals surface area contributed by atoms with E-state index >= 15 is 0 Å². The Balaban J connectivity index is 1.71. The first kappa shape index (κ1) is 23.6. The molecule has 0 aliphatic rings. The van der Waals surface area contributed by atoms with Gasteiger partial charge in [-0.2, -0.15) is 5.26 Å². The Hall–Kier alpha value is -3.52. The van der Waals surface area contributed by atoms with Crippen LogP contribution in [0.15, 0.2) is 78.4 Å². The lowest BCUT2D eigenvalue weighted by Gasteiger charge is -2.14. The number of rotatable bonds is 6. The maximum atomic E-state index is 12.9. The molecule has 1 N–H and O–H groups in total. The Morgan fingerprint density at radius 1 is 1.09 bits per heavy atom. The molecular formula is C28H23Cl2N3O. The Kier molecular flexibility index (Phi) is 7.07. The fraction of sp³-hybridized carbons (Fsp3) is 0.143. The van der Waals surface area contributed by atoms with E-state index in [0.29, 0.717) is 16.6 Å². The first-order chi connectivity index (χ1) is 16.4. The van der Waals surface area contributed by atoms with Crippen LogP contribution in [0, 0.1) is 18.3 Å². The summed E-state index contributed by atoms with van der Waals surface area (Å²) in [6, 6.07) is 24.9. The molecule has 1 aromatic heterocycles. The van der Waals surface area contributed by atoms with Gasteiger partial charge in [-0.1, -0.05) is 77.8 Å². The van der Waals surface area contributed by atoms with Crippen LogP contribution in [0.4, 0.5) is 0 Å². The van der Waals surface area contributed by atoms with E-state index in [2.05, 4.69) is 16.0 Å². The fourth-order valence-corrected chi connectivity index (χ4v) is 4.52. The largest absolute Gasteiger partial charge is 0.345 e. The summed E-state index contributed by atoms with van der Waals surface area (Å²) in [7, 11) is 0. The number of hydrogen-bond donors (Lipinski definition) is 1. The molecule has 0 aliphatic carbocycles. The summed E-state index contributed by atoms with van der Waals surface area (Å²) in [4.78, 5) is 12.9. The molecule has 0 unspecified atom stereocenters. The van der Waals surface area contributed by atoms with E-state index in [-0.39, 0.29) is 11.6 Å². The summed E-state index contributed by atoms with van der Waals surface area (Å²) in [6.07, 6.45) is 1.67. The van der Waals surface area contributed by atoms with Crippen molar-refractivity contribution in [3.05, 3.63) is 111 Å². The van der Waals surface area contributed by atoms with Crippen molar-refractivity contribution >= 4 is 46.1 Å². The van der Waals surface area contributed by atoms with Crippen LogP contribution >= 0.6 is 23.2 Å². The highest BCUT2D eigenvalue weighted by Gasteiger charge is 2.18. The number of nitriles is 1.